The van der Waals surface area contributed by atoms with Crippen molar-refractivity contribution in [3.63, 3.8) is 0 Å². The Morgan fingerprint density at radius 1 is 1.47 bits per heavy atom. The summed E-state index contributed by atoms with van der Waals surface area (Å²) in [5, 5.41) is 11.8. The molecule has 5 heteroatoms. The number of carboxylic acids is 1. The van der Waals surface area contributed by atoms with E-state index in [0.29, 0.717) is 25.8 Å². The van der Waals surface area contributed by atoms with Crippen LogP contribution in [0.1, 0.15) is 46.5 Å². The van der Waals surface area contributed by atoms with E-state index in [4.69, 9.17) is 10.8 Å². The molecule has 5 nitrogen and oxygen atoms in total. The minimum absolute atomic E-state index is 0.200. The highest BCUT2D eigenvalue weighted by molar-refractivity contribution is 5.87. The Hall–Kier alpha value is -1.10. The summed E-state index contributed by atoms with van der Waals surface area (Å²) in [5.41, 5.74) is 4.21. The molecule has 2 atom stereocenters. The van der Waals surface area contributed by atoms with E-state index in [1.165, 1.54) is 0 Å². The minimum Gasteiger partial charge on any atom is -0.480 e. The Bertz CT molecular complexity index is 268. The third-order valence-electron chi connectivity index (χ3n) is 2.91. The first-order valence-electron chi connectivity index (χ1n) is 6.13. The van der Waals surface area contributed by atoms with Gasteiger partial charge in [-0.15, -0.1) is 0 Å². The predicted molar refractivity (Wildman–Crippen MR) is 66.5 cm³/mol. The average molecular weight is 244 g/mol. The molecule has 0 spiro atoms. The SMILES string of the molecule is CCCC(C)(NC(=O)C(C)CCCN)C(=O)O. The van der Waals surface area contributed by atoms with Crippen molar-refractivity contribution in [2.24, 2.45) is 11.7 Å². The van der Waals surface area contributed by atoms with Gasteiger partial charge >= 0.3 is 5.97 Å². The molecule has 0 aliphatic rings. The molecule has 4 N–H and O–H groups in total. The van der Waals surface area contributed by atoms with E-state index < -0.39 is 11.5 Å². The topological polar surface area (TPSA) is 92.4 Å². The number of nitrogens with one attached hydrogen (secondary N) is 1. The molecule has 0 aliphatic heterocycles. The molecule has 0 aromatic rings. The highest BCUT2D eigenvalue weighted by Crippen LogP contribution is 2.15. The van der Waals surface area contributed by atoms with Crippen LogP contribution >= 0.6 is 0 Å². The molecule has 0 aromatic carbocycles. The monoisotopic (exact) mass is 244 g/mol. The van der Waals surface area contributed by atoms with E-state index in [-0.39, 0.29) is 11.8 Å². The van der Waals surface area contributed by atoms with Crippen LogP contribution in [-0.4, -0.2) is 29.1 Å². The first-order chi connectivity index (χ1) is 7.87. The van der Waals surface area contributed by atoms with Crippen molar-refractivity contribution in [3.05, 3.63) is 0 Å². The van der Waals surface area contributed by atoms with Crippen LogP contribution in [0.25, 0.3) is 0 Å². The first kappa shape index (κ1) is 15.9. The van der Waals surface area contributed by atoms with Crippen LogP contribution in [0.2, 0.25) is 0 Å². The van der Waals surface area contributed by atoms with E-state index in [2.05, 4.69) is 5.32 Å². The zero-order chi connectivity index (χ0) is 13.5. The van der Waals surface area contributed by atoms with Crippen molar-refractivity contribution in [2.75, 3.05) is 6.54 Å². The van der Waals surface area contributed by atoms with Crippen LogP contribution in [0.4, 0.5) is 0 Å². The van der Waals surface area contributed by atoms with Gasteiger partial charge in [0.25, 0.3) is 0 Å². The highest BCUT2D eigenvalue weighted by Gasteiger charge is 2.34. The van der Waals surface area contributed by atoms with E-state index in [0.717, 1.165) is 6.42 Å². The van der Waals surface area contributed by atoms with E-state index >= 15 is 0 Å². The van der Waals surface area contributed by atoms with E-state index in [1.807, 2.05) is 6.92 Å². The average Bonchev–Trinajstić information content (AvgIpc) is 2.25. The fourth-order valence-corrected chi connectivity index (χ4v) is 1.67. The second kappa shape index (κ2) is 7.27. The van der Waals surface area contributed by atoms with Crippen molar-refractivity contribution in [3.8, 4) is 0 Å². The second-order valence-corrected chi connectivity index (χ2v) is 4.71. The van der Waals surface area contributed by atoms with Gasteiger partial charge in [-0.3, -0.25) is 4.79 Å². The molecule has 0 fully saturated rings. The number of hydrogen-bond acceptors (Lipinski definition) is 3. The fourth-order valence-electron chi connectivity index (χ4n) is 1.67. The lowest BCUT2D eigenvalue weighted by molar-refractivity contribution is -0.147. The molecule has 0 bridgehead atoms. The van der Waals surface area contributed by atoms with Gasteiger partial charge in [0.1, 0.15) is 5.54 Å². The smallest absolute Gasteiger partial charge is 0.329 e. The number of nitrogens with two attached hydrogens (primary N) is 1. The largest absolute Gasteiger partial charge is 0.480 e. The first-order valence-corrected chi connectivity index (χ1v) is 6.13. The van der Waals surface area contributed by atoms with Gasteiger partial charge in [-0.2, -0.15) is 0 Å². The molecule has 17 heavy (non-hydrogen) atoms. The third-order valence-corrected chi connectivity index (χ3v) is 2.91. The summed E-state index contributed by atoms with van der Waals surface area (Å²) in [6.45, 7) is 5.78. The molecule has 0 radical (unpaired) electrons. The van der Waals surface area contributed by atoms with Crippen molar-refractivity contribution in [1.82, 2.24) is 5.32 Å². The predicted octanol–water partition coefficient (Wildman–Crippen LogP) is 1.12. The lowest BCUT2D eigenvalue weighted by Crippen LogP contribution is -2.53. The number of hydrogen-bond donors (Lipinski definition) is 3. The Kier molecular flexibility index (Phi) is 6.80. The number of amides is 1. The molecule has 0 aromatic heterocycles. The number of aliphatic carboxylic acids is 1. The van der Waals surface area contributed by atoms with Gasteiger partial charge in [-0.1, -0.05) is 20.3 Å². The quantitative estimate of drug-likeness (QED) is 0.596. The highest BCUT2D eigenvalue weighted by atomic mass is 16.4. The molecule has 1 amide bonds. The van der Waals surface area contributed by atoms with Crippen LogP contribution in [0.15, 0.2) is 0 Å². The van der Waals surface area contributed by atoms with Gasteiger partial charge in [0, 0.05) is 5.92 Å². The Balaban J connectivity index is 4.45. The van der Waals surface area contributed by atoms with E-state index in [1.54, 1.807) is 13.8 Å². The molecule has 2 unspecified atom stereocenters. The Morgan fingerprint density at radius 3 is 2.47 bits per heavy atom. The number of rotatable bonds is 8. The summed E-state index contributed by atoms with van der Waals surface area (Å²) >= 11 is 0. The lowest BCUT2D eigenvalue weighted by Gasteiger charge is -2.27. The van der Waals surface area contributed by atoms with Gasteiger partial charge in [-0.25, -0.2) is 4.79 Å². The molecule has 0 aliphatic carbocycles. The van der Waals surface area contributed by atoms with Crippen LogP contribution in [-0.2, 0) is 9.59 Å². The fraction of sp³-hybridized carbons (Fsp3) is 0.833. The summed E-state index contributed by atoms with van der Waals surface area (Å²) in [7, 11) is 0. The zero-order valence-corrected chi connectivity index (χ0v) is 11.0. The number of carbonyl (C=O) groups is 2. The summed E-state index contributed by atoms with van der Waals surface area (Å²) in [5.74, 6) is -1.40. The van der Waals surface area contributed by atoms with Gasteiger partial charge in [0.2, 0.25) is 5.91 Å². The maximum atomic E-state index is 11.8. The zero-order valence-electron chi connectivity index (χ0n) is 11.0. The Labute approximate surface area is 103 Å². The summed E-state index contributed by atoms with van der Waals surface area (Å²) in [6.07, 6.45) is 2.59. The molecule has 0 heterocycles. The maximum absolute atomic E-state index is 11.8. The van der Waals surface area contributed by atoms with Crippen molar-refractivity contribution in [2.45, 2.75) is 52.0 Å². The number of carbonyl (C=O) groups excluding carboxylic acids is 1. The molecular formula is C12H24N2O3. The van der Waals surface area contributed by atoms with Crippen molar-refractivity contribution in [1.29, 1.82) is 0 Å². The van der Waals surface area contributed by atoms with Crippen LogP contribution in [0.3, 0.4) is 0 Å². The summed E-state index contributed by atoms with van der Waals surface area (Å²) < 4.78 is 0. The van der Waals surface area contributed by atoms with Gasteiger partial charge in [0.15, 0.2) is 0 Å². The summed E-state index contributed by atoms with van der Waals surface area (Å²) in [6, 6.07) is 0. The second-order valence-electron chi connectivity index (χ2n) is 4.71. The van der Waals surface area contributed by atoms with Crippen LogP contribution in [0, 0.1) is 5.92 Å². The van der Waals surface area contributed by atoms with Gasteiger partial charge < -0.3 is 16.2 Å². The molecular weight excluding hydrogens is 220 g/mol. The summed E-state index contributed by atoms with van der Waals surface area (Å²) in [4.78, 5) is 23.0. The normalized spacial score (nSPS) is 16.0. The van der Waals surface area contributed by atoms with Crippen molar-refractivity contribution < 1.29 is 14.7 Å². The third kappa shape index (κ3) is 5.17. The van der Waals surface area contributed by atoms with Gasteiger partial charge in [-0.05, 0) is 32.7 Å². The number of carboxylic acid groups (broad SMARTS) is 1. The van der Waals surface area contributed by atoms with E-state index in [9.17, 15) is 9.59 Å². The maximum Gasteiger partial charge on any atom is 0.329 e. The Morgan fingerprint density at radius 2 is 2.06 bits per heavy atom. The molecule has 100 valence electrons. The standard InChI is InChI=1S/C12H24N2O3/c1-4-7-12(3,11(16)17)14-10(15)9(2)6-5-8-13/h9H,4-8,13H2,1-3H3,(H,14,15)(H,16,17). The molecule has 0 rings (SSSR count). The van der Waals surface area contributed by atoms with Crippen molar-refractivity contribution >= 4 is 11.9 Å². The minimum atomic E-state index is -1.16. The van der Waals surface area contributed by atoms with Crippen LogP contribution < -0.4 is 11.1 Å². The molecule has 0 saturated heterocycles. The lowest BCUT2D eigenvalue weighted by atomic mass is 9.94. The molecule has 0 saturated carbocycles. The van der Waals surface area contributed by atoms with Gasteiger partial charge in [0.05, 0.1) is 0 Å². The van der Waals surface area contributed by atoms with Crippen LogP contribution in [0.5, 0.6) is 0 Å².